The molecule has 0 radical (unpaired) electrons. The summed E-state index contributed by atoms with van der Waals surface area (Å²) in [5.74, 6) is -1.10. The minimum absolute atomic E-state index is 0.0326. The molecular formula is C14H10FN7O. The normalized spacial score (nSPS) is 11.2. The molecule has 23 heavy (non-hydrogen) atoms. The van der Waals surface area contributed by atoms with E-state index in [-0.39, 0.29) is 17.0 Å². The zero-order valence-electron chi connectivity index (χ0n) is 11.6. The molecule has 0 spiro atoms. The average Bonchev–Trinajstić information content (AvgIpc) is 3.10. The van der Waals surface area contributed by atoms with Gasteiger partial charge in [0.15, 0.2) is 17.3 Å². The summed E-state index contributed by atoms with van der Waals surface area (Å²) in [4.78, 5) is 23.5. The quantitative estimate of drug-likeness (QED) is 0.520. The molecule has 0 aliphatic rings. The number of fused-ring (bicyclic) bond motifs is 2. The van der Waals surface area contributed by atoms with Gasteiger partial charge in [-0.2, -0.15) is 0 Å². The van der Waals surface area contributed by atoms with Crippen molar-refractivity contribution in [1.82, 2.24) is 24.6 Å². The molecule has 4 aromatic heterocycles. The second kappa shape index (κ2) is 4.77. The predicted octanol–water partition coefficient (Wildman–Crippen LogP) is 1.58. The average molecular weight is 311 g/mol. The van der Waals surface area contributed by atoms with Crippen LogP contribution >= 0.6 is 0 Å². The molecule has 0 bridgehead atoms. The first-order chi connectivity index (χ1) is 11.1. The highest BCUT2D eigenvalue weighted by atomic mass is 19.1. The first-order valence-corrected chi connectivity index (χ1v) is 6.65. The fourth-order valence-corrected chi connectivity index (χ4v) is 2.41. The highest BCUT2D eigenvalue weighted by Gasteiger charge is 2.20. The van der Waals surface area contributed by atoms with Crippen molar-refractivity contribution in [2.45, 2.75) is 0 Å². The van der Waals surface area contributed by atoms with Gasteiger partial charge in [0.1, 0.15) is 5.56 Å². The van der Waals surface area contributed by atoms with Gasteiger partial charge in [0, 0.05) is 11.6 Å². The largest absolute Gasteiger partial charge is 0.381 e. The molecule has 0 aliphatic carbocycles. The number of nitrogens with zero attached hydrogens (tertiary/aromatic N) is 4. The van der Waals surface area contributed by atoms with Crippen molar-refractivity contribution in [3.8, 4) is 0 Å². The minimum Gasteiger partial charge on any atom is -0.381 e. The van der Waals surface area contributed by atoms with Crippen LogP contribution in [0.15, 0.2) is 37.1 Å². The van der Waals surface area contributed by atoms with Gasteiger partial charge in [0.25, 0.3) is 5.91 Å². The molecule has 0 aromatic carbocycles. The molecule has 0 saturated carbocycles. The molecule has 0 saturated heterocycles. The van der Waals surface area contributed by atoms with Crippen LogP contribution in [0.3, 0.4) is 0 Å². The van der Waals surface area contributed by atoms with E-state index in [0.29, 0.717) is 5.69 Å². The van der Waals surface area contributed by atoms with Gasteiger partial charge in [-0.3, -0.25) is 9.78 Å². The molecule has 1 amide bonds. The molecule has 8 nitrogen and oxygen atoms in total. The number of hydrogen-bond acceptors (Lipinski definition) is 5. The molecule has 0 atom stereocenters. The number of nitrogens with one attached hydrogen (secondary N) is 2. The van der Waals surface area contributed by atoms with Crippen molar-refractivity contribution in [3.63, 3.8) is 0 Å². The van der Waals surface area contributed by atoms with Gasteiger partial charge in [0.05, 0.1) is 36.0 Å². The third kappa shape index (κ3) is 2.06. The Labute approximate surface area is 128 Å². The molecule has 4 heterocycles. The number of H-pyrrole nitrogens is 1. The third-order valence-corrected chi connectivity index (χ3v) is 3.42. The van der Waals surface area contributed by atoms with E-state index in [0.717, 1.165) is 27.8 Å². The van der Waals surface area contributed by atoms with Crippen LogP contribution in [0.5, 0.6) is 0 Å². The molecule has 0 unspecified atom stereocenters. The van der Waals surface area contributed by atoms with Crippen LogP contribution in [-0.2, 0) is 0 Å². The fourth-order valence-electron chi connectivity index (χ4n) is 2.41. The maximum Gasteiger partial charge on any atom is 0.263 e. The zero-order chi connectivity index (χ0) is 16.0. The number of nitrogen functional groups attached to an aromatic ring is 1. The minimum atomic E-state index is -0.576. The Hall–Kier alpha value is -3.49. The number of aromatic amines is 1. The summed E-state index contributed by atoms with van der Waals surface area (Å²) in [7, 11) is 0. The summed E-state index contributed by atoms with van der Waals surface area (Å²) >= 11 is 0. The summed E-state index contributed by atoms with van der Waals surface area (Å²) < 4.78 is 14.3. The van der Waals surface area contributed by atoms with Crippen molar-refractivity contribution in [3.05, 3.63) is 48.4 Å². The number of carbonyl (C=O) groups excluding carboxylic acids is 1. The van der Waals surface area contributed by atoms with Gasteiger partial charge in [-0.1, -0.05) is 0 Å². The van der Waals surface area contributed by atoms with Crippen molar-refractivity contribution in [1.29, 1.82) is 0 Å². The van der Waals surface area contributed by atoms with Crippen LogP contribution in [0, 0.1) is 5.82 Å². The number of anilines is 2. The maximum atomic E-state index is 13.2. The van der Waals surface area contributed by atoms with E-state index in [1.54, 1.807) is 12.4 Å². The Bertz CT molecular complexity index is 1050. The standard InChI is InChI=1S/C14H10FN7O/c15-7-3-19-13-11(12(16)21-22(13)6-7)14(23)20-10-5-17-4-9-8(10)1-2-18-9/h1-6,18H,(H2,16,21)(H,20,23). The lowest BCUT2D eigenvalue weighted by atomic mass is 10.2. The predicted molar refractivity (Wildman–Crippen MR) is 81.4 cm³/mol. The Morgan fingerprint density at radius 2 is 2.22 bits per heavy atom. The van der Waals surface area contributed by atoms with Crippen LogP contribution in [0.2, 0.25) is 0 Å². The van der Waals surface area contributed by atoms with E-state index >= 15 is 0 Å². The number of nitrogens with two attached hydrogens (primary N) is 1. The van der Waals surface area contributed by atoms with E-state index < -0.39 is 11.7 Å². The lowest BCUT2D eigenvalue weighted by Crippen LogP contribution is -2.14. The number of rotatable bonds is 2. The van der Waals surface area contributed by atoms with Gasteiger partial charge in [-0.05, 0) is 6.07 Å². The Morgan fingerprint density at radius 3 is 3.09 bits per heavy atom. The van der Waals surface area contributed by atoms with Crippen molar-refractivity contribution < 1.29 is 9.18 Å². The van der Waals surface area contributed by atoms with Gasteiger partial charge in [-0.25, -0.2) is 13.9 Å². The van der Waals surface area contributed by atoms with Gasteiger partial charge in [-0.15, -0.1) is 5.10 Å². The van der Waals surface area contributed by atoms with E-state index in [1.165, 1.54) is 6.20 Å². The summed E-state index contributed by atoms with van der Waals surface area (Å²) in [6, 6.07) is 1.82. The van der Waals surface area contributed by atoms with Gasteiger partial charge < -0.3 is 16.0 Å². The molecule has 0 aliphatic heterocycles. The second-order valence-electron chi connectivity index (χ2n) is 4.88. The highest BCUT2D eigenvalue weighted by Crippen LogP contribution is 2.23. The number of halogens is 1. The van der Waals surface area contributed by atoms with Gasteiger partial charge >= 0.3 is 0 Å². The molecule has 4 N–H and O–H groups in total. The van der Waals surface area contributed by atoms with Crippen molar-refractivity contribution in [2.75, 3.05) is 11.1 Å². The SMILES string of the molecule is Nc1nn2cc(F)cnc2c1C(=O)Nc1cncc2[nH]ccc12. The van der Waals surface area contributed by atoms with Crippen LogP contribution < -0.4 is 11.1 Å². The Balaban J connectivity index is 1.78. The first-order valence-electron chi connectivity index (χ1n) is 6.65. The summed E-state index contributed by atoms with van der Waals surface area (Å²) in [6.07, 6.45) is 7.03. The van der Waals surface area contributed by atoms with Crippen LogP contribution in [0.4, 0.5) is 15.9 Å². The maximum absolute atomic E-state index is 13.2. The number of hydrogen-bond donors (Lipinski definition) is 3. The van der Waals surface area contributed by atoms with Crippen molar-refractivity contribution in [2.24, 2.45) is 0 Å². The topological polar surface area (TPSA) is 114 Å². The summed E-state index contributed by atoms with van der Waals surface area (Å²) in [5.41, 5.74) is 7.34. The fraction of sp³-hybridized carbons (Fsp3) is 0. The smallest absolute Gasteiger partial charge is 0.263 e. The molecular weight excluding hydrogens is 301 g/mol. The van der Waals surface area contributed by atoms with Crippen LogP contribution in [0.1, 0.15) is 10.4 Å². The first kappa shape index (κ1) is 13.2. The van der Waals surface area contributed by atoms with E-state index in [9.17, 15) is 9.18 Å². The van der Waals surface area contributed by atoms with Crippen molar-refractivity contribution >= 4 is 34.0 Å². The summed E-state index contributed by atoms with van der Waals surface area (Å²) in [5, 5.41) is 7.44. The zero-order valence-corrected chi connectivity index (χ0v) is 11.6. The Morgan fingerprint density at radius 1 is 1.35 bits per heavy atom. The van der Waals surface area contributed by atoms with Crippen LogP contribution in [0.25, 0.3) is 16.6 Å². The number of amides is 1. The number of pyridine rings is 1. The van der Waals surface area contributed by atoms with E-state index in [2.05, 4.69) is 25.4 Å². The monoisotopic (exact) mass is 311 g/mol. The van der Waals surface area contributed by atoms with E-state index in [4.69, 9.17) is 5.73 Å². The number of carbonyl (C=O) groups is 1. The lowest BCUT2D eigenvalue weighted by molar-refractivity contribution is 0.102. The van der Waals surface area contributed by atoms with E-state index in [1.807, 2.05) is 6.07 Å². The molecule has 4 rings (SSSR count). The number of aromatic nitrogens is 5. The molecule has 114 valence electrons. The van der Waals surface area contributed by atoms with Gasteiger partial charge in [0.2, 0.25) is 0 Å². The van der Waals surface area contributed by atoms with Crippen LogP contribution in [-0.4, -0.2) is 30.5 Å². The molecule has 4 aromatic rings. The summed E-state index contributed by atoms with van der Waals surface area (Å²) in [6.45, 7) is 0. The second-order valence-corrected chi connectivity index (χ2v) is 4.88. The molecule has 9 heteroatoms. The lowest BCUT2D eigenvalue weighted by Gasteiger charge is -2.05. The highest BCUT2D eigenvalue weighted by molar-refractivity contribution is 6.14. The molecule has 0 fully saturated rings. The Kier molecular flexibility index (Phi) is 2.73. The third-order valence-electron chi connectivity index (χ3n) is 3.42.